The molecule has 0 radical (unpaired) electrons. The van der Waals surface area contributed by atoms with E-state index in [1.54, 1.807) is 0 Å². The largest absolute Gasteiger partial charge is 0.387 e. The molecule has 0 aliphatic carbocycles. The number of hydrogen-bond donors (Lipinski definition) is 2. The molecule has 0 aromatic heterocycles. The first-order valence-electron chi connectivity index (χ1n) is 8.11. The smallest absolute Gasteiger partial charge is 0.131 e. The molecule has 4 heteroatoms. The minimum atomic E-state index is -1.07. The zero-order chi connectivity index (χ0) is 17.6. The lowest BCUT2D eigenvalue weighted by molar-refractivity contribution is 0.167. The summed E-state index contributed by atoms with van der Waals surface area (Å²) in [4.78, 5) is 0. The minimum absolute atomic E-state index is 0.0776. The third-order valence-corrected chi connectivity index (χ3v) is 4.10. The number of benzene rings is 3. The molecule has 0 spiro atoms. The topological polar surface area (TPSA) is 32.3 Å². The van der Waals surface area contributed by atoms with Crippen LogP contribution >= 0.6 is 0 Å². The molecule has 0 heterocycles. The second-order valence-electron chi connectivity index (χ2n) is 5.84. The van der Waals surface area contributed by atoms with Crippen LogP contribution in [0.5, 0.6) is 0 Å². The number of nitrogens with one attached hydrogen (secondary N) is 1. The van der Waals surface area contributed by atoms with Gasteiger partial charge in [0.2, 0.25) is 0 Å². The van der Waals surface area contributed by atoms with E-state index in [2.05, 4.69) is 5.32 Å². The van der Waals surface area contributed by atoms with Gasteiger partial charge in [-0.25, -0.2) is 8.78 Å². The zero-order valence-corrected chi connectivity index (χ0v) is 13.6. The molecule has 0 saturated heterocycles. The average Bonchev–Trinajstić information content (AvgIpc) is 2.63. The van der Waals surface area contributed by atoms with Crippen molar-refractivity contribution in [1.82, 2.24) is 5.32 Å². The second kappa shape index (κ2) is 8.01. The molecule has 0 fully saturated rings. The molecule has 0 amide bonds. The average molecular weight is 339 g/mol. The van der Waals surface area contributed by atoms with Crippen LogP contribution in [0.1, 0.15) is 28.8 Å². The van der Waals surface area contributed by atoms with E-state index >= 15 is 0 Å². The summed E-state index contributed by atoms with van der Waals surface area (Å²) in [7, 11) is 0. The van der Waals surface area contributed by atoms with E-state index in [0.717, 1.165) is 23.3 Å². The maximum atomic E-state index is 13.8. The van der Waals surface area contributed by atoms with Gasteiger partial charge in [-0.1, -0.05) is 66.7 Å². The Labute approximate surface area is 145 Å². The molecular formula is C21H19F2NO. The maximum Gasteiger partial charge on any atom is 0.131 e. The molecule has 1 unspecified atom stereocenters. The van der Waals surface area contributed by atoms with Gasteiger partial charge in [0.05, 0.1) is 12.1 Å². The summed E-state index contributed by atoms with van der Waals surface area (Å²) in [6, 6.07) is 22.7. The Morgan fingerprint density at radius 3 is 1.88 bits per heavy atom. The Hall–Kier alpha value is -2.56. The van der Waals surface area contributed by atoms with Crippen molar-refractivity contribution in [3.63, 3.8) is 0 Å². The molecule has 128 valence electrons. The summed E-state index contributed by atoms with van der Waals surface area (Å²) < 4.78 is 26.9. The predicted octanol–water partition coefficient (Wildman–Crippen LogP) is 4.38. The Morgan fingerprint density at radius 1 is 0.800 bits per heavy atom. The SMILES string of the molecule is OC(CNC(c1ccccc1)c1ccccc1)c1ccc(F)cc1F. The summed E-state index contributed by atoms with van der Waals surface area (Å²) >= 11 is 0. The predicted molar refractivity (Wildman–Crippen MR) is 94.0 cm³/mol. The van der Waals surface area contributed by atoms with Crippen molar-refractivity contribution >= 4 is 0 Å². The second-order valence-corrected chi connectivity index (χ2v) is 5.84. The van der Waals surface area contributed by atoms with Gasteiger partial charge in [0.15, 0.2) is 0 Å². The first-order valence-corrected chi connectivity index (χ1v) is 8.11. The third kappa shape index (κ3) is 4.29. The van der Waals surface area contributed by atoms with Gasteiger partial charge in [0.1, 0.15) is 11.6 Å². The van der Waals surface area contributed by atoms with E-state index in [9.17, 15) is 13.9 Å². The number of hydrogen-bond acceptors (Lipinski definition) is 2. The Balaban J connectivity index is 1.79. The number of aliphatic hydroxyl groups is 1. The molecule has 25 heavy (non-hydrogen) atoms. The maximum absolute atomic E-state index is 13.8. The van der Waals surface area contributed by atoms with Gasteiger partial charge in [-0.3, -0.25) is 0 Å². The lowest BCUT2D eigenvalue weighted by Gasteiger charge is -2.22. The fourth-order valence-corrected chi connectivity index (χ4v) is 2.83. The molecule has 3 aromatic rings. The molecule has 0 aliphatic heterocycles. The number of halogens is 2. The first kappa shape index (κ1) is 17.3. The van der Waals surface area contributed by atoms with Gasteiger partial charge in [-0.2, -0.15) is 0 Å². The van der Waals surface area contributed by atoms with Crippen LogP contribution in [-0.4, -0.2) is 11.7 Å². The highest BCUT2D eigenvalue weighted by Crippen LogP contribution is 2.24. The van der Waals surface area contributed by atoms with Crippen LogP contribution in [-0.2, 0) is 0 Å². The van der Waals surface area contributed by atoms with Crippen LogP contribution in [0.3, 0.4) is 0 Å². The van der Waals surface area contributed by atoms with Crippen molar-refractivity contribution in [2.45, 2.75) is 12.1 Å². The third-order valence-electron chi connectivity index (χ3n) is 4.10. The molecule has 0 saturated carbocycles. The van der Waals surface area contributed by atoms with E-state index in [1.165, 1.54) is 6.07 Å². The summed E-state index contributed by atoms with van der Waals surface area (Å²) in [5.41, 5.74) is 2.16. The van der Waals surface area contributed by atoms with Crippen molar-refractivity contribution in [2.75, 3.05) is 6.54 Å². The lowest BCUT2D eigenvalue weighted by Crippen LogP contribution is -2.27. The Kier molecular flexibility index (Phi) is 5.53. The normalized spacial score (nSPS) is 12.3. The molecule has 0 aliphatic rings. The van der Waals surface area contributed by atoms with Crippen molar-refractivity contribution in [3.05, 3.63) is 107 Å². The highest BCUT2D eigenvalue weighted by molar-refractivity contribution is 5.31. The minimum Gasteiger partial charge on any atom is -0.387 e. The van der Waals surface area contributed by atoms with E-state index in [0.29, 0.717) is 0 Å². The molecule has 0 bridgehead atoms. The highest BCUT2D eigenvalue weighted by atomic mass is 19.1. The molecule has 1 atom stereocenters. The number of rotatable bonds is 6. The van der Waals surface area contributed by atoms with Gasteiger partial charge in [0.25, 0.3) is 0 Å². The lowest BCUT2D eigenvalue weighted by atomic mass is 9.98. The summed E-state index contributed by atoms with van der Waals surface area (Å²) in [5, 5.41) is 13.6. The van der Waals surface area contributed by atoms with Crippen LogP contribution in [0.2, 0.25) is 0 Å². The van der Waals surface area contributed by atoms with Crippen LogP contribution < -0.4 is 5.32 Å². The van der Waals surface area contributed by atoms with E-state index in [4.69, 9.17) is 0 Å². The standard InChI is InChI=1S/C21H19F2NO/c22-17-11-12-18(19(23)13-17)20(25)14-24-21(15-7-3-1-4-8-15)16-9-5-2-6-10-16/h1-13,20-21,24-25H,14H2. The Bertz CT molecular complexity index is 769. The van der Waals surface area contributed by atoms with Crippen LogP contribution in [0.15, 0.2) is 78.9 Å². The first-order chi connectivity index (χ1) is 12.1. The monoisotopic (exact) mass is 339 g/mol. The van der Waals surface area contributed by atoms with Crippen LogP contribution in [0.4, 0.5) is 8.78 Å². The summed E-state index contributed by atoms with van der Waals surface area (Å²) in [6.45, 7) is 0.136. The van der Waals surface area contributed by atoms with Crippen molar-refractivity contribution < 1.29 is 13.9 Å². The molecular weight excluding hydrogens is 320 g/mol. The van der Waals surface area contributed by atoms with Gasteiger partial charge >= 0.3 is 0 Å². The van der Waals surface area contributed by atoms with Gasteiger partial charge < -0.3 is 10.4 Å². The highest BCUT2D eigenvalue weighted by Gasteiger charge is 2.18. The van der Waals surface area contributed by atoms with E-state index in [1.807, 2.05) is 60.7 Å². The quantitative estimate of drug-likeness (QED) is 0.699. The van der Waals surface area contributed by atoms with Gasteiger partial charge in [0, 0.05) is 18.2 Å². The van der Waals surface area contributed by atoms with E-state index < -0.39 is 17.7 Å². The molecule has 2 N–H and O–H groups in total. The molecule has 3 rings (SSSR count). The fourth-order valence-electron chi connectivity index (χ4n) is 2.83. The van der Waals surface area contributed by atoms with Crippen LogP contribution in [0.25, 0.3) is 0 Å². The Morgan fingerprint density at radius 2 is 1.36 bits per heavy atom. The summed E-state index contributed by atoms with van der Waals surface area (Å²) in [5.74, 6) is -1.40. The number of aliphatic hydroxyl groups excluding tert-OH is 1. The van der Waals surface area contributed by atoms with Gasteiger partial charge in [-0.15, -0.1) is 0 Å². The van der Waals surface area contributed by atoms with Crippen LogP contribution in [0, 0.1) is 11.6 Å². The van der Waals surface area contributed by atoms with Gasteiger partial charge in [-0.05, 0) is 17.2 Å². The zero-order valence-electron chi connectivity index (χ0n) is 13.6. The van der Waals surface area contributed by atoms with Crippen molar-refractivity contribution in [2.24, 2.45) is 0 Å². The van der Waals surface area contributed by atoms with Crippen molar-refractivity contribution in [1.29, 1.82) is 0 Å². The van der Waals surface area contributed by atoms with E-state index in [-0.39, 0.29) is 18.2 Å². The summed E-state index contributed by atoms with van der Waals surface area (Å²) in [6.07, 6.45) is -1.07. The van der Waals surface area contributed by atoms with Crippen molar-refractivity contribution in [3.8, 4) is 0 Å². The molecule has 3 aromatic carbocycles. The fraction of sp³-hybridized carbons (Fsp3) is 0.143. The molecule has 2 nitrogen and oxygen atoms in total.